The zero-order valence-corrected chi connectivity index (χ0v) is 19.7. The highest BCUT2D eigenvalue weighted by Gasteiger charge is 2.29. The van der Waals surface area contributed by atoms with Gasteiger partial charge in [0, 0.05) is 13.1 Å². The van der Waals surface area contributed by atoms with Crippen LogP contribution in [0.2, 0.25) is 0 Å². The highest BCUT2D eigenvalue weighted by molar-refractivity contribution is 5.88. The number of nitrogens with zero attached hydrogens (tertiary/aromatic N) is 1. The molecule has 2 rings (SSSR count). The van der Waals surface area contributed by atoms with Crippen molar-refractivity contribution in [3.8, 4) is 5.75 Å². The minimum Gasteiger partial charge on any atom is -0.483 e. The molecule has 0 saturated carbocycles. The van der Waals surface area contributed by atoms with Crippen molar-refractivity contribution in [1.29, 1.82) is 0 Å². The molecule has 1 atom stereocenters. The molecule has 0 heterocycles. The summed E-state index contributed by atoms with van der Waals surface area (Å²) in [6.45, 7) is 12.9. The summed E-state index contributed by atoms with van der Waals surface area (Å²) >= 11 is 0. The van der Waals surface area contributed by atoms with Crippen LogP contribution in [0.1, 0.15) is 57.7 Å². The summed E-state index contributed by atoms with van der Waals surface area (Å²) in [5, 5.41) is 2.86. The van der Waals surface area contributed by atoms with E-state index >= 15 is 0 Å². The fourth-order valence-corrected chi connectivity index (χ4v) is 3.54. The van der Waals surface area contributed by atoms with E-state index in [2.05, 4.69) is 26.1 Å². The predicted molar refractivity (Wildman–Crippen MR) is 125 cm³/mol. The molecular weight excluding hydrogens is 388 g/mol. The zero-order valence-electron chi connectivity index (χ0n) is 19.7. The Morgan fingerprint density at radius 3 is 2.26 bits per heavy atom. The molecule has 2 amide bonds. The summed E-state index contributed by atoms with van der Waals surface area (Å²) < 4.78 is 5.97. The Balaban J connectivity index is 2.25. The molecule has 0 unspecified atom stereocenters. The van der Waals surface area contributed by atoms with Crippen molar-refractivity contribution in [3.05, 3.63) is 65.2 Å². The van der Waals surface area contributed by atoms with Gasteiger partial charge in [-0.15, -0.1) is 0 Å². The molecule has 168 valence electrons. The molecule has 31 heavy (non-hydrogen) atoms. The predicted octanol–water partition coefficient (Wildman–Crippen LogP) is 4.61. The minimum absolute atomic E-state index is 0.103. The lowest BCUT2D eigenvalue weighted by Crippen LogP contribution is -2.50. The molecule has 0 saturated heterocycles. The Hall–Kier alpha value is -2.82. The molecule has 0 radical (unpaired) electrons. The number of nitrogens with one attached hydrogen (secondary N) is 1. The maximum absolute atomic E-state index is 13.3. The van der Waals surface area contributed by atoms with Gasteiger partial charge in [-0.05, 0) is 42.9 Å². The molecule has 2 aromatic rings. The maximum Gasteiger partial charge on any atom is 0.261 e. The van der Waals surface area contributed by atoms with Gasteiger partial charge in [-0.2, -0.15) is 0 Å². The second kappa shape index (κ2) is 11.0. The van der Waals surface area contributed by atoms with Crippen molar-refractivity contribution in [2.75, 3.05) is 13.2 Å². The van der Waals surface area contributed by atoms with Gasteiger partial charge < -0.3 is 15.0 Å². The van der Waals surface area contributed by atoms with Crippen molar-refractivity contribution in [2.45, 2.75) is 66.0 Å². The maximum atomic E-state index is 13.3. The monoisotopic (exact) mass is 424 g/mol. The lowest BCUT2D eigenvalue weighted by Gasteiger charge is -2.31. The Kier molecular flexibility index (Phi) is 8.66. The average Bonchev–Trinajstić information content (AvgIpc) is 2.73. The standard InChI is InChI=1S/C26H36N2O3/c1-7-22(25(30)27-8-2)28(17-20-15-13-19(3)14-16-20)24(29)18-31-23-12-10-9-11-21(23)26(4,5)6/h9-16,22H,7-8,17-18H2,1-6H3,(H,27,30)/t22-/m1/s1. The first-order valence-corrected chi connectivity index (χ1v) is 11.0. The number of amides is 2. The van der Waals surface area contributed by atoms with Crippen molar-refractivity contribution < 1.29 is 14.3 Å². The van der Waals surface area contributed by atoms with E-state index in [0.29, 0.717) is 25.3 Å². The Morgan fingerprint density at radius 2 is 1.68 bits per heavy atom. The van der Waals surface area contributed by atoms with Crippen molar-refractivity contribution in [3.63, 3.8) is 0 Å². The van der Waals surface area contributed by atoms with E-state index in [-0.39, 0.29) is 23.8 Å². The molecular formula is C26H36N2O3. The van der Waals surface area contributed by atoms with E-state index in [0.717, 1.165) is 16.7 Å². The number of aryl methyl sites for hydroxylation is 1. The topological polar surface area (TPSA) is 58.6 Å². The number of rotatable bonds is 9. The van der Waals surface area contributed by atoms with Gasteiger partial charge in [0.25, 0.3) is 5.91 Å². The number of benzene rings is 2. The fourth-order valence-electron chi connectivity index (χ4n) is 3.54. The third-order valence-corrected chi connectivity index (χ3v) is 5.26. The second-order valence-corrected chi connectivity index (χ2v) is 8.86. The number of hydrogen-bond acceptors (Lipinski definition) is 3. The number of carbonyl (C=O) groups is 2. The Morgan fingerprint density at radius 1 is 1.03 bits per heavy atom. The quantitative estimate of drug-likeness (QED) is 0.639. The lowest BCUT2D eigenvalue weighted by molar-refractivity contribution is -0.142. The first-order valence-electron chi connectivity index (χ1n) is 11.0. The molecule has 2 aromatic carbocycles. The summed E-state index contributed by atoms with van der Waals surface area (Å²) in [5.41, 5.74) is 3.08. The molecule has 1 N–H and O–H groups in total. The molecule has 0 fully saturated rings. The van der Waals surface area contributed by atoms with E-state index in [1.807, 2.05) is 69.3 Å². The first kappa shape index (κ1) is 24.4. The van der Waals surface area contributed by atoms with Gasteiger partial charge in [0.05, 0.1) is 0 Å². The normalized spacial score (nSPS) is 12.2. The van der Waals surface area contributed by atoms with Crippen LogP contribution in [0.15, 0.2) is 48.5 Å². The van der Waals surface area contributed by atoms with Crippen LogP contribution in [0.3, 0.4) is 0 Å². The van der Waals surface area contributed by atoms with E-state index < -0.39 is 6.04 Å². The van der Waals surface area contributed by atoms with Crippen LogP contribution in [0.4, 0.5) is 0 Å². The fraction of sp³-hybridized carbons (Fsp3) is 0.462. The summed E-state index contributed by atoms with van der Waals surface area (Å²) in [5.74, 6) is 0.354. The number of hydrogen-bond donors (Lipinski definition) is 1. The van der Waals surface area contributed by atoms with Crippen molar-refractivity contribution >= 4 is 11.8 Å². The summed E-state index contributed by atoms with van der Waals surface area (Å²) in [6, 6.07) is 15.3. The van der Waals surface area contributed by atoms with Crippen LogP contribution < -0.4 is 10.1 Å². The minimum atomic E-state index is -0.546. The lowest BCUT2D eigenvalue weighted by atomic mass is 9.86. The molecule has 0 aromatic heterocycles. The highest BCUT2D eigenvalue weighted by atomic mass is 16.5. The third kappa shape index (κ3) is 6.84. The van der Waals surface area contributed by atoms with Crippen LogP contribution in [0, 0.1) is 6.92 Å². The van der Waals surface area contributed by atoms with Crippen molar-refractivity contribution in [1.82, 2.24) is 10.2 Å². The zero-order chi connectivity index (χ0) is 23.0. The van der Waals surface area contributed by atoms with Gasteiger partial charge >= 0.3 is 0 Å². The Bertz CT molecular complexity index is 869. The summed E-state index contributed by atoms with van der Waals surface area (Å²) in [6.07, 6.45) is 0.530. The van der Waals surface area contributed by atoms with Gasteiger partial charge in [-0.3, -0.25) is 9.59 Å². The SMILES string of the molecule is CCNC(=O)[C@@H](CC)N(Cc1ccc(C)cc1)C(=O)COc1ccccc1C(C)(C)C. The second-order valence-electron chi connectivity index (χ2n) is 8.86. The van der Waals surface area contributed by atoms with Crippen molar-refractivity contribution in [2.24, 2.45) is 0 Å². The molecule has 5 nitrogen and oxygen atoms in total. The number of para-hydroxylation sites is 1. The van der Waals surface area contributed by atoms with Crippen LogP contribution in [0.5, 0.6) is 5.75 Å². The molecule has 0 bridgehead atoms. The molecule has 0 spiro atoms. The van der Waals surface area contributed by atoms with E-state index in [9.17, 15) is 9.59 Å². The van der Waals surface area contributed by atoms with Crippen LogP contribution in [0.25, 0.3) is 0 Å². The number of likely N-dealkylation sites (N-methyl/N-ethyl adjacent to an activating group) is 1. The van der Waals surface area contributed by atoms with Crippen LogP contribution in [-0.2, 0) is 21.5 Å². The van der Waals surface area contributed by atoms with E-state index in [1.165, 1.54) is 0 Å². The van der Waals surface area contributed by atoms with Gasteiger partial charge in [-0.25, -0.2) is 0 Å². The van der Waals surface area contributed by atoms with Gasteiger partial charge in [0.1, 0.15) is 11.8 Å². The molecule has 5 heteroatoms. The largest absolute Gasteiger partial charge is 0.483 e. The van der Waals surface area contributed by atoms with Crippen LogP contribution >= 0.6 is 0 Å². The van der Waals surface area contributed by atoms with E-state index in [1.54, 1.807) is 4.90 Å². The highest BCUT2D eigenvalue weighted by Crippen LogP contribution is 2.31. The molecule has 0 aliphatic carbocycles. The van der Waals surface area contributed by atoms with Crippen LogP contribution in [-0.4, -0.2) is 35.9 Å². The average molecular weight is 425 g/mol. The summed E-state index contributed by atoms with van der Waals surface area (Å²) in [4.78, 5) is 27.6. The number of ether oxygens (including phenoxy) is 1. The van der Waals surface area contributed by atoms with Gasteiger partial charge in [-0.1, -0.05) is 75.7 Å². The summed E-state index contributed by atoms with van der Waals surface area (Å²) in [7, 11) is 0. The van der Waals surface area contributed by atoms with E-state index in [4.69, 9.17) is 4.74 Å². The van der Waals surface area contributed by atoms with Gasteiger partial charge in [0.15, 0.2) is 6.61 Å². The molecule has 0 aliphatic rings. The Labute approximate surface area is 186 Å². The number of carbonyl (C=O) groups excluding carboxylic acids is 2. The third-order valence-electron chi connectivity index (χ3n) is 5.26. The van der Waals surface area contributed by atoms with Gasteiger partial charge in [0.2, 0.25) is 5.91 Å². The first-order chi connectivity index (χ1) is 14.7. The smallest absolute Gasteiger partial charge is 0.261 e. The molecule has 0 aliphatic heterocycles.